The molecule has 8 heteroatoms. The van der Waals surface area contributed by atoms with E-state index >= 15 is 0 Å². The van der Waals surface area contributed by atoms with E-state index in [4.69, 9.17) is 0 Å². The summed E-state index contributed by atoms with van der Waals surface area (Å²) in [4.78, 5) is 13.0. The molecule has 0 fully saturated rings. The molecule has 2 aromatic carbocycles. The first-order valence-electron chi connectivity index (χ1n) is 10.1. The lowest BCUT2D eigenvalue weighted by atomic mass is 10.1. The van der Waals surface area contributed by atoms with Gasteiger partial charge in [0.15, 0.2) is 5.69 Å². The van der Waals surface area contributed by atoms with E-state index in [0.29, 0.717) is 17.1 Å². The van der Waals surface area contributed by atoms with Crippen LogP contribution in [0.2, 0.25) is 0 Å². The normalized spacial score (nSPS) is 12.1. The predicted octanol–water partition coefficient (Wildman–Crippen LogP) is 4.81. The zero-order valence-corrected chi connectivity index (χ0v) is 19.2. The third-order valence-electron chi connectivity index (χ3n) is 4.62. The average Bonchev–Trinajstić information content (AvgIpc) is 3.15. The van der Waals surface area contributed by atoms with Crippen molar-refractivity contribution >= 4 is 27.3 Å². The summed E-state index contributed by atoms with van der Waals surface area (Å²) in [7, 11) is -3.72. The SMILES string of the molecule is CC(C)c1cc(C(=O)Nc2cccc(NS(=O)(=O)c3ccccc3)c2)nn1C(C)(C)C. The van der Waals surface area contributed by atoms with E-state index in [2.05, 4.69) is 29.0 Å². The van der Waals surface area contributed by atoms with Crippen LogP contribution in [0.5, 0.6) is 0 Å². The number of carbonyl (C=O) groups is 1. The van der Waals surface area contributed by atoms with Crippen molar-refractivity contribution in [2.75, 3.05) is 10.0 Å². The number of anilines is 2. The Morgan fingerprint density at radius 3 is 2.19 bits per heavy atom. The average molecular weight is 441 g/mol. The van der Waals surface area contributed by atoms with Crippen LogP contribution < -0.4 is 10.0 Å². The first kappa shape index (κ1) is 22.6. The topological polar surface area (TPSA) is 93.1 Å². The molecule has 1 heterocycles. The maximum atomic E-state index is 12.8. The fraction of sp³-hybridized carbons (Fsp3) is 0.304. The molecule has 1 amide bonds. The zero-order chi connectivity index (χ0) is 22.8. The van der Waals surface area contributed by atoms with Crippen molar-refractivity contribution in [2.45, 2.75) is 51.0 Å². The molecule has 3 rings (SSSR count). The lowest BCUT2D eigenvalue weighted by Crippen LogP contribution is -2.26. The molecule has 31 heavy (non-hydrogen) atoms. The Balaban J connectivity index is 1.81. The second kappa shape index (κ2) is 8.55. The van der Waals surface area contributed by atoms with Crippen LogP contribution >= 0.6 is 0 Å². The van der Waals surface area contributed by atoms with Gasteiger partial charge in [-0.3, -0.25) is 14.2 Å². The number of sulfonamides is 1. The van der Waals surface area contributed by atoms with Crippen molar-refractivity contribution in [1.29, 1.82) is 0 Å². The van der Waals surface area contributed by atoms with Gasteiger partial charge in [-0.15, -0.1) is 0 Å². The van der Waals surface area contributed by atoms with Gasteiger partial charge in [0, 0.05) is 11.4 Å². The van der Waals surface area contributed by atoms with E-state index in [0.717, 1.165) is 5.69 Å². The Labute approximate surface area is 183 Å². The summed E-state index contributed by atoms with van der Waals surface area (Å²) in [5, 5.41) is 7.32. The van der Waals surface area contributed by atoms with Crippen LogP contribution in [0.1, 0.15) is 56.7 Å². The van der Waals surface area contributed by atoms with Gasteiger partial charge in [-0.1, -0.05) is 38.1 Å². The van der Waals surface area contributed by atoms with Gasteiger partial charge in [0.25, 0.3) is 15.9 Å². The number of carbonyl (C=O) groups excluding carboxylic acids is 1. The lowest BCUT2D eigenvalue weighted by molar-refractivity contribution is 0.102. The van der Waals surface area contributed by atoms with Crippen molar-refractivity contribution in [3.05, 3.63) is 72.1 Å². The van der Waals surface area contributed by atoms with Crippen LogP contribution in [0.15, 0.2) is 65.6 Å². The highest BCUT2D eigenvalue weighted by molar-refractivity contribution is 7.92. The number of rotatable bonds is 6. The molecule has 0 unspecified atom stereocenters. The van der Waals surface area contributed by atoms with Crippen molar-refractivity contribution in [3.63, 3.8) is 0 Å². The second-order valence-corrected chi connectivity index (χ2v) is 10.3. The van der Waals surface area contributed by atoms with Crippen LogP contribution in [-0.4, -0.2) is 24.1 Å². The molecular formula is C23H28N4O3S. The predicted molar refractivity (Wildman–Crippen MR) is 123 cm³/mol. The molecule has 0 atom stereocenters. The number of nitrogens with one attached hydrogen (secondary N) is 2. The summed E-state index contributed by atoms with van der Waals surface area (Å²) in [6.45, 7) is 10.2. The van der Waals surface area contributed by atoms with Gasteiger partial charge in [-0.25, -0.2) is 8.42 Å². The summed E-state index contributed by atoms with van der Waals surface area (Å²) in [5.41, 5.74) is 1.85. The van der Waals surface area contributed by atoms with Gasteiger partial charge >= 0.3 is 0 Å². The monoisotopic (exact) mass is 440 g/mol. The van der Waals surface area contributed by atoms with Crippen molar-refractivity contribution in [1.82, 2.24) is 9.78 Å². The van der Waals surface area contributed by atoms with Gasteiger partial charge in [0.05, 0.1) is 16.1 Å². The van der Waals surface area contributed by atoms with Gasteiger partial charge in [-0.2, -0.15) is 5.10 Å². The summed E-state index contributed by atoms with van der Waals surface area (Å²) in [6, 6.07) is 16.5. The van der Waals surface area contributed by atoms with Gasteiger partial charge in [-0.05, 0) is 63.1 Å². The van der Waals surface area contributed by atoms with E-state index in [9.17, 15) is 13.2 Å². The van der Waals surface area contributed by atoms with E-state index < -0.39 is 10.0 Å². The van der Waals surface area contributed by atoms with E-state index in [1.54, 1.807) is 48.5 Å². The van der Waals surface area contributed by atoms with E-state index in [1.807, 2.05) is 25.5 Å². The molecule has 0 saturated carbocycles. The molecule has 0 saturated heterocycles. The number of aromatic nitrogens is 2. The van der Waals surface area contributed by atoms with Crippen molar-refractivity contribution in [3.8, 4) is 0 Å². The largest absolute Gasteiger partial charge is 0.321 e. The minimum Gasteiger partial charge on any atom is -0.321 e. The van der Waals surface area contributed by atoms with Crippen LogP contribution in [0.4, 0.5) is 11.4 Å². The Bertz CT molecular complexity index is 1180. The molecule has 164 valence electrons. The number of nitrogens with zero attached hydrogens (tertiary/aromatic N) is 2. The molecule has 1 aromatic heterocycles. The Kier molecular flexibility index (Phi) is 6.22. The molecule has 0 radical (unpaired) electrons. The summed E-state index contributed by atoms with van der Waals surface area (Å²) in [6.07, 6.45) is 0. The Morgan fingerprint density at radius 2 is 1.61 bits per heavy atom. The van der Waals surface area contributed by atoms with Crippen LogP contribution in [0.25, 0.3) is 0 Å². The minimum atomic E-state index is -3.72. The van der Waals surface area contributed by atoms with Crippen LogP contribution in [0, 0.1) is 0 Å². The Morgan fingerprint density at radius 1 is 0.968 bits per heavy atom. The summed E-state index contributed by atoms with van der Waals surface area (Å²) >= 11 is 0. The number of amides is 1. The first-order chi connectivity index (χ1) is 14.5. The van der Waals surface area contributed by atoms with Gasteiger partial charge in [0.2, 0.25) is 0 Å². The zero-order valence-electron chi connectivity index (χ0n) is 18.4. The van der Waals surface area contributed by atoms with Gasteiger partial charge in [0.1, 0.15) is 0 Å². The van der Waals surface area contributed by atoms with Gasteiger partial charge < -0.3 is 5.32 Å². The van der Waals surface area contributed by atoms with E-state index in [1.165, 1.54) is 12.1 Å². The Hall–Kier alpha value is -3.13. The molecular weight excluding hydrogens is 412 g/mol. The fourth-order valence-electron chi connectivity index (χ4n) is 3.12. The molecule has 7 nitrogen and oxygen atoms in total. The maximum Gasteiger partial charge on any atom is 0.276 e. The number of hydrogen-bond donors (Lipinski definition) is 2. The smallest absolute Gasteiger partial charge is 0.276 e. The second-order valence-electron chi connectivity index (χ2n) is 8.65. The fourth-order valence-corrected chi connectivity index (χ4v) is 4.19. The standard InChI is InChI=1S/C23H28N4O3S/c1-16(2)21-15-20(25-27(21)23(3,4)5)22(28)24-17-10-9-11-18(14-17)26-31(29,30)19-12-7-6-8-13-19/h6-16,26H,1-5H3,(H,24,28). The highest BCUT2D eigenvalue weighted by atomic mass is 32.2. The molecule has 2 N–H and O–H groups in total. The van der Waals surface area contributed by atoms with Crippen molar-refractivity contribution < 1.29 is 13.2 Å². The molecule has 0 aliphatic heterocycles. The first-order valence-corrected chi connectivity index (χ1v) is 11.6. The molecule has 0 bridgehead atoms. The molecule has 0 spiro atoms. The summed E-state index contributed by atoms with van der Waals surface area (Å²) in [5.74, 6) is -0.142. The molecule has 0 aliphatic rings. The third-order valence-corrected chi connectivity index (χ3v) is 6.02. The highest BCUT2D eigenvalue weighted by Crippen LogP contribution is 2.25. The van der Waals surface area contributed by atoms with Crippen LogP contribution in [0.3, 0.4) is 0 Å². The number of hydrogen-bond acceptors (Lipinski definition) is 4. The minimum absolute atomic E-state index is 0.165. The summed E-state index contributed by atoms with van der Waals surface area (Å²) < 4.78 is 29.5. The highest BCUT2D eigenvalue weighted by Gasteiger charge is 2.23. The van der Waals surface area contributed by atoms with Crippen molar-refractivity contribution in [2.24, 2.45) is 0 Å². The molecule has 0 aliphatic carbocycles. The van der Waals surface area contributed by atoms with E-state index in [-0.39, 0.29) is 22.3 Å². The third kappa shape index (κ3) is 5.32. The quantitative estimate of drug-likeness (QED) is 0.575. The number of benzene rings is 2. The van der Waals surface area contributed by atoms with Crippen LogP contribution in [-0.2, 0) is 15.6 Å². The lowest BCUT2D eigenvalue weighted by Gasteiger charge is -2.23. The maximum absolute atomic E-state index is 12.8. The molecule has 3 aromatic rings.